The normalized spacial score (nSPS) is 11.5. The molecule has 9 aromatic carbocycles. The number of nitrogens with zero attached hydrogens (tertiary/aromatic N) is 1. The van der Waals surface area contributed by atoms with Gasteiger partial charge in [-0.05, 0) is 86.6 Å². The lowest BCUT2D eigenvalue weighted by Gasteiger charge is -2.27. The molecule has 2 heteroatoms. The maximum atomic E-state index is 6.76. The Bertz CT molecular complexity index is 2890. The van der Waals surface area contributed by atoms with Gasteiger partial charge in [0.1, 0.15) is 11.2 Å². The molecule has 0 saturated heterocycles. The summed E-state index contributed by atoms with van der Waals surface area (Å²) in [6.07, 6.45) is 0. The van der Waals surface area contributed by atoms with Crippen LogP contribution < -0.4 is 4.90 Å². The van der Waals surface area contributed by atoms with E-state index in [0.29, 0.717) is 0 Å². The maximum Gasteiger partial charge on any atom is 0.143 e. The Hall–Kier alpha value is -6.90. The summed E-state index contributed by atoms with van der Waals surface area (Å²) >= 11 is 0. The standard InChI is InChI=1S/C50H33NO/c1-3-13-34(14-4-1)36-25-27-37(28-26-36)39-17-11-20-42(32-39)51(41-18-5-2-6-19-41)47-33-46-49-43(40-30-29-35-15-7-8-16-38(35)31-40)23-12-24-48(49)52-50(46)45-22-10-9-21-44(45)47/h1-33H. The van der Waals surface area contributed by atoms with Gasteiger partial charge in [0, 0.05) is 32.9 Å². The Kier molecular flexibility index (Phi) is 7.18. The van der Waals surface area contributed by atoms with Crippen LogP contribution in [0.3, 0.4) is 0 Å². The molecule has 0 amide bonds. The SMILES string of the molecule is c1ccc(-c2ccc(-c3cccc(N(c4ccccc4)c4cc5c(oc6cccc(-c7ccc8ccccc8c7)c65)c5ccccc45)c3)cc2)cc1. The van der Waals surface area contributed by atoms with Gasteiger partial charge in [-0.3, -0.25) is 0 Å². The first-order valence-electron chi connectivity index (χ1n) is 17.8. The molecule has 0 fully saturated rings. The van der Waals surface area contributed by atoms with E-state index in [9.17, 15) is 0 Å². The van der Waals surface area contributed by atoms with Gasteiger partial charge in [-0.25, -0.2) is 0 Å². The van der Waals surface area contributed by atoms with Gasteiger partial charge < -0.3 is 9.32 Å². The van der Waals surface area contributed by atoms with Crippen molar-refractivity contribution in [3.8, 4) is 33.4 Å². The number of furan rings is 1. The van der Waals surface area contributed by atoms with Crippen LogP contribution in [-0.2, 0) is 0 Å². The van der Waals surface area contributed by atoms with Crippen molar-refractivity contribution < 1.29 is 4.42 Å². The zero-order valence-electron chi connectivity index (χ0n) is 28.4. The second-order valence-electron chi connectivity index (χ2n) is 13.3. The molecule has 52 heavy (non-hydrogen) atoms. The van der Waals surface area contributed by atoms with Crippen molar-refractivity contribution in [1.82, 2.24) is 0 Å². The first-order chi connectivity index (χ1) is 25.8. The van der Waals surface area contributed by atoms with Crippen LogP contribution in [0.4, 0.5) is 17.1 Å². The predicted octanol–water partition coefficient (Wildman–Crippen LogP) is 14.4. The molecule has 0 saturated carbocycles. The lowest BCUT2D eigenvalue weighted by molar-refractivity contribution is 0.673. The van der Waals surface area contributed by atoms with Crippen LogP contribution in [-0.4, -0.2) is 0 Å². The summed E-state index contributed by atoms with van der Waals surface area (Å²) in [5.74, 6) is 0. The van der Waals surface area contributed by atoms with E-state index in [4.69, 9.17) is 4.42 Å². The molecule has 0 atom stereocenters. The van der Waals surface area contributed by atoms with E-state index in [1.54, 1.807) is 0 Å². The fourth-order valence-electron chi connectivity index (χ4n) is 7.73. The minimum atomic E-state index is 0.884. The van der Waals surface area contributed by atoms with Gasteiger partial charge >= 0.3 is 0 Å². The van der Waals surface area contributed by atoms with E-state index >= 15 is 0 Å². The second kappa shape index (κ2) is 12.5. The highest BCUT2D eigenvalue weighted by molar-refractivity contribution is 6.22. The van der Waals surface area contributed by atoms with Crippen LogP contribution in [0.2, 0.25) is 0 Å². The number of anilines is 3. The molecule has 10 aromatic rings. The summed E-state index contributed by atoms with van der Waals surface area (Å²) in [6, 6.07) is 71.6. The summed E-state index contributed by atoms with van der Waals surface area (Å²) in [6.45, 7) is 0. The largest absolute Gasteiger partial charge is 0.455 e. The van der Waals surface area contributed by atoms with Gasteiger partial charge in [0.05, 0.1) is 5.69 Å². The highest BCUT2D eigenvalue weighted by Gasteiger charge is 2.22. The third kappa shape index (κ3) is 5.12. The fraction of sp³-hybridized carbons (Fsp3) is 0. The van der Waals surface area contributed by atoms with Crippen LogP contribution >= 0.6 is 0 Å². The van der Waals surface area contributed by atoms with Crippen LogP contribution in [0, 0.1) is 0 Å². The fourth-order valence-corrected chi connectivity index (χ4v) is 7.73. The van der Waals surface area contributed by atoms with Crippen molar-refractivity contribution in [2.45, 2.75) is 0 Å². The van der Waals surface area contributed by atoms with Crippen LogP contribution in [0.1, 0.15) is 0 Å². The Balaban J connectivity index is 1.18. The van der Waals surface area contributed by atoms with E-state index in [1.165, 1.54) is 33.0 Å². The minimum Gasteiger partial charge on any atom is -0.455 e. The average Bonchev–Trinajstić information content (AvgIpc) is 3.61. The number of rotatable bonds is 6. The van der Waals surface area contributed by atoms with Gasteiger partial charge in [0.25, 0.3) is 0 Å². The first kappa shape index (κ1) is 30.0. The van der Waals surface area contributed by atoms with Crippen molar-refractivity contribution in [1.29, 1.82) is 0 Å². The van der Waals surface area contributed by atoms with Crippen LogP contribution in [0.15, 0.2) is 205 Å². The van der Waals surface area contributed by atoms with Crippen molar-refractivity contribution in [2.75, 3.05) is 4.90 Å². The van der Waals surface area contributed by atoms with Crippen LogP contribution in [0.5, 0.6) is 0 Å². The van der Waals surface area contributed by atoms with Crippen molar-refractivity contribution in [3.05, 3.63) is 200 Å². The minimum absolute atomic E-state index is 0.884. The Morgan fingerprint density at radius 2 is 0.942 bits per heavy atom. The number of hydrogen-bond donors (Lipinski definition) is 0. The number of benzene rings is 9. The molecule has 0 spiro atoms. The molecule has 10 rings (SSSR count). The van der Waals surface area contributed by atoms with E-state index in [2.05, 4.69) is 205 Å². The molecular formula is C50H33NO. The molecule has 1 aromatic heterocycles. The Morgan fingerprint density at radius 1 is 0.346 bits per heavy atom. The smallest absolute Gasteiger partial charge is 0.143 e. The molecule has 244 valence electrons. The zero-order valence-corrected chi connectivity index (χ0v) is 28.4. The summed E-state index contributed by atoms with van der Waals surface area (Å²) < 4.78 is 6.76. The molecule has 2 nitrogen and oxygen atoms in total. The van der Waals surface area contributed by atoms with Gasteiger partial charge in [-0.1, -0.05) is 158 Å². The average molecular weight is 664 g/mol. The zero-order chi connectivity index (χ0) is 34.4. The van der Waals surface area contributed by atoms with E-state index in [-0.39, 0.29) is 0 Å². The second-order valence-corrected chi connectivity index (χ2v) is 13.3. The lowest BCUT2D eigenvalue weighted by Crippen LogP contribution is -2.10. The van der Waals surface area contributed by atoms with Crippen molar-refractivity contribution in [2.24, 2.45) is 0 Å². The highest BCUT2D eigenvalue weighted by Crippen LogP contribution is 2.47. The van der Waals surface area contributed by atoms with Crippen molar-refractivity contribution >= 4 is 60.5 Å². The number of fused-ring (bicyclic) bond motifs is 6. The van der Waals surface area contributed by atoms with Crippen molar-refractivity contribution in [3.63, 3.8) is 0 Å². The van der Waals surface area contributed by atoms with Gasteiger partial charge in [-0.15, -0.1) is 0 Å². The highest BCUT2D eigenvalue weighted by atomic mass is 16.3. The summed E-state index contributed by atoms with van der Waals surface area (Å²) in [4.78, 5) is 2.39. The third-order valence-electron chi connectivity index (χ3n) is 10.2. The Morgan fingerprint density at radius 3 is 1.75 bits per heavy atom. The first-order valence-corrected chi connectivity index (χ1v) is 17.8. The van der Waals surface area contributed by atoms with E-state index < -0.39 is 0 Å². The molecule has 0 radical (unpaired) electrons. The number of para-hydroxylation sites is 1. The quantitative estimate of drug-likeness (QED) is 0.176. The molecule has 1 heterocycles. The van der Waals surface area contributed by atoms with Gasteiger partial charge in [0.2, 0.25) is 0 Å². The van der Waals surface area contributed by atoms with E-state index in [0.717, 1.165) is 60.9 Å². The molecule has 0 unspecified atom stereocenters. The molecule has 0 aliphatic heterocycles. The molecule has 0 N–H and O–H groups in total. The molecule has 0 aliphatic rings. The molecule has 0 aliphatic carbocycles. The monoisotopic (exact) mass is 663 g/mol. The lowest BCUT2D eigenvalue weighted by atomic mass is 9.95. The van der Waals surface area contributed by atoms with Gasteiger partial charge in [-0.2, -0.15) is 0 Å². The Labute approximate surface area is 302 Å². The van der Waals surface area contributed by atoms with E-state index in [1.807, 2.05) is 0 Å². The van der Waals surface area contributed by atoms with Crippen LogP contribution in [0.25, 0.3) is 76.9 Å². The summed E-state index contributed by atoms with van der Waals surface area (Å²) in [5.41, 5.74) is 12.2. The summed E-state index contributed by atoms with van der Waals surface area (Å²) in [7, 11) is 0. The molecule has 0 bridgehead atoms. The topological polar surface area (TPSA) is 16.4 Å². The molecular weight excluding hydrogens is 631 g/mol. The number of hydrogen-bond acceptors (Lipinski definition) is 2. The maximum absolute atomic E-state index is 6.76. The predicted molar refractivity (Wildman–Crippen MR) is 220 cm³/mol. The summed E-state index contributed by atoms with van der Waals surface area (Å²) in [5, 5.41) is 6.89. The third-order valence-corrected chi connectivity index (χ3v) is 10.2. The van der Waals surface area contributed by atoms with Gasteiger partial charge in [0.15, 0.2) is 0 Å².